The molecule has 1 atom stereocenters. The van der Waals surface area contributed by atoms with Crippen LogP contribution in [0.4, 0.5) is 0 Å². The van der Waals surface area contributed by atoms with E-state index in [0.29, 0.717) is 22.2 Å². The third-order valence-corrected chi connectivity index (χ3v) is 4.35. The SMILES string of the molecule is CC(Oc1cccc2cccnc12)C(=O)NN=Cc1coc2ccccc2c1=O. The second kappa shape index (κ2) is 7.93. The van der Waals surface area contributed by atoms with E-state index in [4.69, 9.17) is 9.15 Å². The van der Waals surface area contributed by atoms with Crippen molar-refractivity contribution >= 4 is 34.0 Å². The van der Waals surface area contributed by atoms with Gasteiger partial charge in [0.1, 0.15) is 23.1 Å². The molecular weight excluding hydrogens is 370 g/mol. The van der Waals surface area contributed by atoms with Crippen LogP contribution in [0.5, 0.6) is 5.75 Å². The average Bonchev–Trinajstić information content (AvgIpc) is 2.75. The molecule has 2 aromatic heterocycles. The number of amides is 1. The van der Waals surface area contributed by atoms with Gasteiger partial charge >= 0.3 is 0 Å². The number of rotatable bonds is 5. The standard InChI is InChI=1S/C22H17N3O4/c1-14(29-19-10-4-6-15-7-5-11-23-20(15)19)22(27)25-24-12-16-13-28-18-9-3-2-8-17(18)21(16)26/h2-14H,1H3,(H,25,27). The van der Waals surface area contributed by atoms with Crippen LogP contribution in [0.15, 0.2) is 81.4 Å². The van der Waals surface area contributed by atoms with Crippen molar-refractivity contribution in [1.82, 2.24) is 10.4 Å². The van der Waals surface area contributed by atoms with Gasteiger partial charge in [0, 0.05) is 11.6 Å². The summed E-state index contributed by atoms with van der Waals surface area (Å²) in [6.45, 7) is 1.61. The molecule has 4 rings (SSSR count). The molecule has 0 saturated carbocycles. The molecule has 0 radical (unpaired) electrons. The van der Waals surface area contributed by atoms with Crippen LogP contribution >= 0.6 is 0 Å². The third-order valence-electron chi connectivity index (χ3n) is 4.35. The van der Waals surface area contributed by atoms with Gasteiger partial charge in [-0.2, -0.15) is 5.10 Å². The Kier molecular flexibility index (Phi) is 5.03. The van der Waals surface area contributed by atoms with Gasteiger partial charge < -0.3 is 9.15 Å². The number of pyridine rings is 1. The zero-order valence-corrected chi connectivity index (χ0v) is 15.5. The van der Waals surface area contributed by atoms with Gasteiger partial charge in [-0.3, -0.25) is 14.6 Å². The summed E-state index contributed by atoms with van der Waals surface area (Å²) in [4.78, 5) is 29.0. The largest absolute Gasteiger partial charge is 0.479 e. The van der Waals surface area contributed by atoms with E-state index >= 15 is 0 Å². The van der Waals surface area contributed by atoms with Crippen LogP contribution in [0.25, 0.3) is 21.9 Å². The number of nitrogens with one attached hydrogen (secondary N) is 1. The summed E-state index contributed by atoms with van der Waals surface area (Å²) in [5.41, 5.74) is 3.55. The van der Waals surface area contributed by atoms with Crippen molar-refractivity contribution in [1.29, 1.82) is 0 Å². The van der Waals surface area contributed by atoms with Crippen molar-refractivity contribution in [2.24, 2.45) is 5.10 Å². The zero-order chi connectivity index (χ0) is 20.2. The lowest BCUT2D eigenvalue weighted by Gasteiger charge is -2.14. The quantitative estimate of drug-likeness (QED) is 0.419. The fourth-order valence-electron chi connectivity index (χ4n) is 2.85. The third kappa shape index (κ3) is 3.84. The van der Waals surface area contributed by atoms with Crippen LogP contribution in [0.3, 0.4) is 0 Å². The highest BCUT2D eigenvalue weighted by molar-refractivity contribution is 5.88. The predicted octanol–water partition coefficient (Wildman–Crippen LogP) is 3.26. The molecule has 1 amide bonds. The summed E-state index contributed by atoms with van der Waals surface area (Å²) < 4.78 is 11.2. The Hall–Kier alpha value is -4.00. The minimum Gasteiger partial charge on any atom is -0.479 e. The fourth-order valence-corrected chi connectivity index (χ4v) is 2.85. The minimum absolute atomic E-state index is 0.226. The molecule has 144 valence electrons. The van der Waals surface area contributed by atoms with E-state index in [2.05, 4.69) is 15.5 Å². The topological polar surface area (TPSA) is 93.8 Å². The number of carbonyl (C=O) groups is 1. The number of hydrogen-bond donors (Lipinski definition) is 1. The average molecular weight is 387 g/mol. The second-order valence-corrected chi connectivity index (χ2v) is 6.34. The molecule has 2 heterocycles. The Balaban J connectivity index is 1.45. The predicted molar refractivity (Wildman–Crippen MR) is 110 cm³/mol. The first kappa shape index (κ1) is 18.4. The molecule has 0 bridgehead atoms. The summed E-state index contributed by atoms with van der Waals surface area (Å²) in [6.07, 6.45) is 3.41. The highest BCUT2D eigenvalue weighted by atomic mass is 16.5. The second-order valence-electron chi connectivity index (χ2n) is 6.34. The van der Waals surface area contributed by atoms with Gasteiger partial charge in [-0.05, 0) is 31.2 Å². The Bertz CT molecular complexity index is 1270. The van der Waals surface area contributed by atoms with Gasteiger partial charge in [-0.15, -0.1) is 0 Å². The van der Waals surface area contributed by atoms with Gasteiger partial charge in [-0.25, -0.2) is 5.43 Å². The molecule has 0 aliphatic heterocycles. The summed E-state index contributed by atoms with van der Waals surface area (Å²) in [5, 5.41) is 5.22. The number of carbonyl (C=O) groups excluding carboxylic acids is 1. The van der Waals surface area contributed by atoms with Crippen molar-refractivity contribution in [2.45, 2.75) is 13.0 Å². The molecule has 7 heteroatoms. The number of aromatic nitrogens is 1. The van der Waals surface area contributed by atoms with E-state index < -0.39 is 12.0 Å². The van der Waals surface area contributed by atoms with Gasteiger partial charge in [0.25, 0.3) is 5.91 Å². The number of ether oxygens (including phenoxy) is 1. The van der Waals surface area contributed by atoms with E-state index in [1.165, 1.54) is 12.5 Å². The molecule has 29 heavy (non-hydrogen) atoms. The lowest BCUT2D eigenvalue weighted by Crippen LogP contribution is -2.33. The lowest BCUT2D eigenvalue weighted by molar-refractivity contribution is -0.127. The van der Waals surface area contributed by atoms with Crippen LogP contribution in [0.2, 0.25) is 0 Å². The molecular formula is C22H17N3O4. The Morgan fingerprint density at radius 1 is 1.17 bits per heavy atom. The monoisotopic (exact) mass is 387 g/mol. The van der Waals surface area contributed by atoms with Crippen LogP contribution < -0.4 is 15.6 Å². The van der Waals surface area contributed by atoms with Gasteiger partial charge in [0.15, 0.2) is 6.10 Å². The van der Waals surface area contributed by atoms with Crippen LogP contribution in [-0.4, -0.2) is 23.2 Å². The van der Waals surface area contributed by atoms with E-state index in [0.717, 1.165) is 5.39 Å². The first-order valence-electron chi connectivity index (χ1n) is 8.97. The maximum Gasteiger partial charge on any atom is 0.280 e. The van der Waals surface area contributed by atoms with Crippen molar-refractivity contribution < 1.29 is 13.9 Å². The number of hydrogen-bond acceptors (Lipinski definition) is 6. The van der Waals surface area contributed by atoms with E-state index in [1.54, 1.807) is 43.5 Å². The molecule has 2 aromatic carbocycles. The number of fused-ring (bicyclic) bond motifs is 2. The van der Waals surface area contributed by atoms with Crippen LogP contribution in [0.1, 0.15) is 12.5 Å². The molecule has 7 nitrogen and oxygen atoms in total. The highest BCUT2D eigenvalue weighted by Crippen LogP contribution is 2.23. The molecule has 1 N–H and O–H groups in total. The maximum absolute atomic E-state index is 12.4. The summed E-state index contributed by atoms with van der Waals surface area (Å²) in [7, 11) is 0. The van der Waals surface area contributed by atoms with Gasteiger partial charge in [0.2, 0.25) is 5.43 Å². The zero-order valence-electron chi connectivity index (χ0n) is 15.5. The lowest BCUT2D eigenvalue weighted by atomic mass is 10.2. The molecule has 0 fully saturated rings. The summed E-state index contributed by atoms with van der Waals surface area (Å²) in [6, 6.07) is 16.2. The smallest absolute Gasteiger partial charge is 0.280 e. The van der Waals surface area contributed by atoms with E-state index in [1.807, 2.05) is 24.3 Å². The molecule has 0 aliphatic rings. The van der Waals surface area contributed by atoms with E-state index in [-0.39, 0.29) is 11.0 Å². The van der Waals surface area contributed by atoms with Crippen molar-refractivity contribution in [2.75, 3.05) is 0 Å². The Morgan fingerprint density at radius 3 is 2.90 bits per heavy atom. The molecule has 0 spiro atoms. The highest BCUT2D eigenvalue weighted by Gasteiger charge is 2.16. The van der Waals surface area contributed by atoms with Crippen molar-refractivity contribution in [3.8, 4) is 5.75 Å². The van der Waals surface area contributed by atoms with Crippen molar-refractivity contribution in [3.63, 3.8) is 0 Å². The first-order chi connectivity index (χ1) is 14.1. The van der Waals surface area contributed by atoms with Crippen molar-refractivity contribution in [3.05, 3.63) is 82.8 Å². The number of benzene rings is 2. The number of para-hydroxylation sites is 2. The van der Waals surface area contributed by atoms with Crippen LogP contribution in [-0.2, 0) is 4.79 Å². The first-order valence-corrected chi connectivity index (χ1v) is 8.97. The Labute approximate surface area is 165 Å². The molecule has 0 saturated heterocycles. The number of nitrogens with zero attached hydrogens (tertiary/aromatic N) is 2. The minimum atomic E-state index is -0.812. The molecule has 4 aromatic rings. The number of hydrazone groups is 1. The van der Waals surface area contributed by atoms with Gasteiger partial charge in [0.05, 0.1) is 17.2 Å². The van der Waals surface area contributed by atoms with Crippen LogP contribution in [0, 0.1) is 0 Å². The Morgan fingerprint density at radius 2 is 2.00 bits per heavy atom. The van der Waals surface area contributed by atoms with E-state index in [9.17, 15) is 9.59 Å². The molecule has 1 unspecified atom stereocenters. The van der Waals surface area contributed by atoms with Gasteiger partial charge in [-0.1, -0.05) is 30.3 Å². The molecule has 0 aliphatic carbocycles. The summed E-state index contributed by atoms with van der Waals surface area (Å²) in [5.74, 6) is 0.0456. The summed E-state index contributed by atoms with van der Waals surface area (Å²) >= 11 is 0. The maximum atomic E-state index is 12.4. The fraction of sp³-hybridized carbons (Fsp3) is 0.0909. The normalized spacial score (nSPS) is 12.3.